The minimum absolute atomic E-state index is 0.0511. The molecule has 0 saturated carbocycles. The molecule has 0 aliphatic heterocycles. The van der Waals surface area contributed by atoms with Crippen LogP contribution in [0.15, 0.2) is 12.7 Å². The maximum Gasteiger partial charge on any atom is 0.163 e. The number of aryl methyl sites for hydroxylation is 1. The summed E-state index contributed by atoms with van der Waals surface area (Å²) in [6.07, 6.45) is 4.45. The first-order chi connectivity index (χ1) is 7.06. The average Bonchev–Trinajstić information content (AvgIpc) is 2.60. The van der Waals surface area contributed by atoms with E-state index in [0.29, 0.717) is 0 Å². The Morgan fingerprint density at radius 3 is 2.67 bits per heavy atom. The van der Waals surface area contributed by atoms with Crippen molar-refractivity contribution in [1.29, 1.82) is 0 Å². The van der Waals surface area contributed by atoms with Gasteiger partial charge >= 0.3 is 0 Å². The van der Waals surface area contributed by atoms with Gasteiger partial charge in [0, 0.05) is 12.5 Å². The maximum atomic E-state index is 4.38. The second kappa shape index (κ2) is 3.29. The standard InChI is InChI=1S/C11H16N4/c1-5-11(2,3)9-8-10(13-6-12-9)15(4)7-14-8/h6-7H,5H2,1-4H3. The smallest absolute Gasteiger partial charge is 0.163 e. The van der Waals surface area contributed by atoms with Crippen molar-refractivity contribution in [3.8, 4) is 0 Å². The summed E-state index contributed by atoms with van der Waals surface area (Å²) < 4.78 is 1.92. The Labute approximate surface area is 89.4 Å². The molecule has 0 aliphatic carbocycles. The first-order valence-electron chi connectivity index (χ1n) is 5.19. The molecule has 0 atom stereocenters. The zero-order valence-corrected chi connectivity index (χ0v) is 9.65. The molecule has 2 aromatic rings. The summed E-state index contributed by atoms with van der Waals surface area (Å²) in [5, 5.41) is 0. The van der Waals surface area contributed by atoms with Crippen molar-refractivity contribution in [1.82, 2.24) is 19.5 Å². The van der Waals surface area contributed by atoms with E-state index in [1.807, 2.05) is 11.6 Å². The lowest BCUT2D eigenvalue weighted by atomic mass is 9.86. The van der Waals surface area contributed by atoms with Crippen molar-refractivity contribution in [2.24, 2.45) is 7.05 Å². The molecule has 15 heavy (non-hydrogen) atoms. The summed E-state index contributed by atoms with van der Waals surface area (Å²) in [6.45, 7) is 6.53. The molecular weight excluding hydrogens is 188 g/mol. The highest BCUT2D eigenvalue weighted by Gasteiger charge is 2.24. The maximum absolute atomic E-state index is 4.38. The van der Waals surface area contributed by atoms with Crippen LogP contribution in [-0.2, 0) is 12.5 Å². The van der Waals surface area contributed by atoms with Crippen molar-refractivity contribution in [2.75, 3.05) is 0 Å². The van der Waals surface area contributed by atoms with E-state index < -0.39 is 0 Å². The Bertz CT molecular complexity index is 484. The number of rotatable bonds is 2. The summed E-state index contributed by atoms with van der Waals surface area (Å²) in [5.41, 5.74) is 2.92. The molecule has 4 nitrogen and oxygen atoms in total. The van der Waals surface area contributed by atoms with E-state index in [1.165, 1.54) is 0 Å². The van der Waals surface area contributed by atoms with Gasteiger partial charge in [-0.1, -0.05) is 20.8 Å². The molecule has 2 heterocycles. The molecule has 0 aromatic carbocycles. The third kappa shape index (κ3) is 1.50. The van der Waals surface area contributed by atoms with Crippen LogP contribution in [0.3, 0.4) is 0 Å². The lowest BCUT2D eigenvalue weighted by Gasteiger charge is -2.21. The van der Waals surface area contributed by atoms with Crippen LogP contribution >= 0.6 is 0 Å². The van der Waals surface area contributed by atoms with Crippen molar-refractivity contribution >= 4 is 11.2 Å². The molecule has 2 rings (SSSR count). The molecule has 2 aromatic heterocycles. The summed E-state index contributed by atoms with van der Waals surface area (Å²) >= 11 is 0. The van der Waals surface area contributed by atoms with E-state index in [9.17, 15) is 0 Å². The number of nitrogens with zero attached hydrogens (tertiary/aromatic N) is 4. The van der Waals surface area contributed by atoms with Crippen LogP contribution in [-0.4, -0.2) is 19.5 Å². The fourth-order valence-electron chi connectivity index (χ4n) is 1.61. The van der Waals surface area contributed by atoms with Gasteiger partial charge in [0.05, 0.1) is 12.0 Å². The highest BCUT2D eigenvalue weighted by atomic mass is 15.1. The molecule has 0 saturated heterocycles. The zero-order chi connectivity index (χ0) is 11.1. The van der Waals surface area contributed by atoms with E-state index in [2.05, 4.69) is 35.7 Å². The number of fused-ring (bicyclic) bond motifs is 1. The normalized spacial score (nSPS) is 12.3. The fourth-order valence-corrected chi connectivity index (χ4v) is 1.61. The highest BCUT2D eigenvalue weighted by Crippen LogP contribution is 2.28. The van der Waals surface area contributed by atoms with Crippen molar-refractivity contribution < 1.29 is 0 Å². The molecule has 0 N–H and O–H groups in total. The molecule has 0 spiro atoms. The van der Waals surface area contributed by atoms with Crippen LogP contribution in [0.2, 0.25) is 0 Å². The van der Waals surface area contributed by atoms with Crippen LogP contribution in [0.5, 0.6) is 0 Å². The predicted molar refractivity (Wildman–Crippen MR) is 59.6 cm³/mol. The number of aromatic nitrogens is 4. The van der Waals surface area contributed by atoms with Gasteiger partial charge in [-0.05, 0) is 6.42 Å². The van der Waals surface area contributed by atoms with Gasteiger partial charge in [0.2, 0.25) is 0 Å². The van der Waals surface area contributed by atoms with Crippen LogP contribution < -0.4 is 0 Å². The van der Waals surface area contributed by atoms with Crippen molar-refractivity contribution in [2.45, 2.75) is 32.6 Å². The van der Waals surface area contributed by atoms with E-state index in [4.69, 9.17) is 0 Å². The van der Waals surface area contributed by atoms with Gasteiger partial charge in [0.25, 0.3) is 0 Å². The minimum Gasteiger partial charge on any atom is -0.318 e. The molecule has 0 fully saturated rings. The lowest BCUT2D eigenvalue weighted by molar-refractivity contribution is 0.493. The Balaban J connectivity index is 2.71. The number of imidazole rings is 1. The van der Waals surface area contributed by atoms with Gasteiger partial charge in [-0.15, -0.1) is 0 Å². The number of hydrogen-bond acceptors (Lipinski definition) is 3. The van der Waals surface area contributed by atoms with Gasteiger partial charge in [-0.3, -0.25) is 0 Å². The molecule has 0 amide bonds. The molecule has 80 valence electrons. The highest BCUT2D eigenvalue weighted by molar-refractivity contribution is 5.74. The van der Waals surface area contributed by atoms with Gasteiger partial charge in [0.15, 0.2) is 5.65 Å². The van der Waals surface area contributed by atoms with Gasteiger partial charge in [0.1, 0.15) is 11.8 Å². The summed E-state index contributed by atoms with van der Waals surface area (Å²) in [4.78, 5) is 13.0. The summed E-state index contributed by atoms with van der Waals surface area (Å²) in [6, 6.07) is 0. The molecular formula is C11H16N4. The van der Waals surface area contributed by atoms with Gasteiger partial charge < -0.3 is 4.57 Å². The molecule has 4 heteroatoms. The predicted octanol–water partition coefficient (Wildman–Crippen LogP) is 2.05. The molecule has 0 aliphatic rings. The second-order valence-electron chi connectivity index (χ2n) is 4.49. The van der Waals surface area contributed by atoms with E-state index in [1.54, 1.807) is 12.7 Å². The quantitative estimate of drug-likeness (QED) is 0.752. The first kappa shape index (κ1) is 10.1. The average molecular weight is 204 g/mol. The Kier molecular flexibility index (Phi) is 2.21. The Morgan fingerprint density at radius 2 is 2.00 bits per heavy atom. The second-order valence-corrected chi connectivity index (χ2v) is 4.49. The van der Waals surface area contributed by atoms with E-state index in [-0.39, 0.29) is 5.41 Å². The number of hydrogen-bond donors (Lipinski definition) is 0. The summed E-state index contributed by atoms with van der Waals surface area (Å²) in [5.74, 6) is 0. The largest absolute Gasteiger partial charge is 0.318 e. The SMILES string of the molecule is CCC(C)(C)c1ncnc2c1ncn2C. The van der Waals surface area contributed by atoms with Gasteiger partial charge in [-0.2, -0.15) is 0 Å². The molecule has 0 bridgehead atoms. The van der Waals surface area contributed by atoms with Crippen molar-refractivity contribution in [3.63, 3.8) is 0 Å². The first-order valence-corrected chi connectivity index (χ1v) is 5.19. The third-order valence-corrected chi connectivity index (χ3v) is 3.02. The lowest BCUT2D eigenvalue weighted by Crippen LogP contribution is -2.18. The van der Waals surface area contributed by atoms with Gasteiger partial charge in [-0.25, -0.2) is 15.0 Å². The van der Waals surface area contributed by atoms with Crippen LogP contribution in [0.25, 0.3) is 11.2 Å². The monoisotopic (exact) mass is 204 g/mol. The molecule has 0 radical (unpaired) electrons. The van der Waals surface area contributed by atoms with Crippen LogP contribution in [0.4, 0.5) is 0 Å². The minimum atomic E-state index is 0.0511. The molecule has 0 unspecified atom stereocenters. The zero-order valence-electron chi connectivity index (χ0n) is 9.65. The van der Waals surface area contributed by atoms with Crippen LogP contribution in [0, 0.1) is 0 Å². The van der Waals surface area contributed by atoms with Crippen LogP contribution in [0.1, 0.15) is 32.9 Å². The third-order valence-electron chi connectivity index (χ3n) is 3.02. The topological polar surface area (TPSA) is 43.6 Å². The van der Waals surface area contributed by atoms with E-state index in [0.717, 1.165) is 23.3 Å². The van der Waals surface area contributed by atoms with E-state index >= 15 is 0 Å². The summed E-state index contributed by atoms with van der Waals surface area (Å²) in [7, 11) is 1.95. The van der Waals surface area contributed by atoms with Crippen molar-refractivity contribution in [3.05, 3.63) is 18.3 Å². The fraction of sp³-hybridized carbons (Fsp3) is 0.545. The Morgan fingerprint density at radius 1 is 1.27 bits per heavy atom. The Hall–Kier alpha value is -1.45.